The van der Waals surface area contributed by atoms with Crippen molar-refractivity contribution < 1.29 is 26.3 Å². The second kappa shape index (κ2) is 10.5. The quantitative estimate of drug-likeness (QED) is 0.336. The van der Waals surface area contributed by atoms with Crippen LogP contribution in [0.3, 0.4) is 0 Å². The number of nitrogens with zero attached hydrogens (tertiary/aromatic N) is 1. The third-order valence-corrected chi connectivity index (χ3v) is 5.56. The summed E-state index contributed by atoms with van der Waals surface area (Å²) in [5.74, 6) is 0. The molecule has 2 atom stereocenters. The van der Waals surface area contributed by atoms with Gasteiger partial charge in [0, 0.05) is 18.3 Å². The molecule has 34 heavy (non-hydrogen) atoms. The fraction of sp³-hybridized carbons (Fsp3) is 0.360. The van der Waals surface area contributed by atoms with E-state index in [1.165, 1.54) is 12.1 Å². The standard InChI is InChI=1S/C25H27F6N3/c1-3-8-18(14-20(9-4-2)24(26,27)28)19-15-22-21(12-13-34(22)32-16-19)33-23(25(29,30)31)17-10-6-5-7-11-17/h3,5-11,14-16,21,23,32-33H,4,12-13H2,1-2H3/b8-3-,18-14+,20-9-. The van der Waals surface area contributed by atoms with E-state index < -0.39 is 30.0 Å². The number of hydrogen-bond acceptors (Lipinski definition) is 3. The van der Waals surface area contributed by atoms with E-state index in [0.29, 0.717) is 29.8 Å². The number of allylic oxidation sites excluding steroid dienone is 8. The highest BCUT2D eigenvalue weighted by Gasteiger charge is 2.44. The lowest BCUT2D eigenvalue weighted by Crippen LogP contribution is -2.42. The Hall–Kier alpha value is -2.94. The van der Waals surface area contributed by atoms with Crippen molar-refractivity contribution >= 4 is 0 Å². The van der Waals surface area contributed by atoms with Crippen LogP contribution in [0, 0.1) is 0 Å². The predicted molar refractivity (Wildman–Crippen MR) is 120 cm³/mol. The van der Waals surface area contributed by atoms with Crippen molar-refractivity contribution in [2.75, 3.05) is 6.54 Å². The number of rotatable bonds is 7. The summed E-state index contributed by atoms with van der Waals surface area (Å²) in [5, 5.41) is 4.42. The van der Waals surface area contributed by atoms with Crippen LogP contribution in [0.4, 0.5) is 26.3 Å². The molecule has 2 N–H and O–H groups in total. The lowest BCUT2D eigenvalue weighted by molar-refractivity contribution is -0.159. The van der Waals surface area contributed by atoms with Crippen LogP contribution in [0.5, 0.6) is 0 Å². The molecule has 2 heterocycles. The predicted octanol–water partition coefficient (Wildman–Crippen LogP) is 6.64. The van der Waals surface area contributed by atoms with Gasteiger partial charge in [0.25, 0.3) is 0 Å². The van der Waals surface area contributed by atoms with Crippen LogP contribution in [0.15, 0.2) is 89.3 Å². The Bertz CT molecular complexity index is 1000. The molecular weight excluding hydrogens is 456 g/mol. The first-order chi connectivity index (χ1) is 16.0. The van der Waals surface area contributed by atoms with E-state index in [1.807, 2.05) is 0 Å². The normalized spacial score (nSPS) is 20.7. The van der Waals surface area contributed by atoms with Crippen molar-refractivity contribution in [3.63, 3.8) is 0 Å². The van der Waals surface area contributed by atoms with Crippen molar-refractivity contribution in [3.05, 3.63) is 94.9 Å². The Morgan fingerprint density at radius 2 is 1.88 bits per heavy atom. The summed E-state index contributed by atoms with van der Waals surface area (Å²) in [5.41, 5.74) is 3.64. The van der Waals surface area contributed by atoms with E-state index in [9.17, 15) is 26.3 Å². The van der Waals surface area contributed by atoms with Crippen LogP contribution in [0.25, 0.3) is 0 Å². The highest BCUT2D eigenvalue weighted by Crippen LogP contribution is 2.37. The molecule has 0 radical (unpaired) electrons. The molecule has 9 heteroatoms. The maximum atomic E-state index is 13.9. The van der Waals surface area contributed by atoms with Gasteiger partial charge in [-0.1, -0.05) is 55.5 Å². The van der Waals surface area contributed by atoms with Gasteiger partial charge in [-0.05, 0) is 43.1 Å². The molecule has 1 saturated heterocycles. The van der Waals surface area contributed by atoms with Gasteiger partial charge >= 0.3 is 12.4 Å². The van der Waals surface area contributed by atoms with Gasteiger partial charge in [0.15, 0.2) is 0 Å². The van der Waals surface area contributed by atoms with Crippen molar-refractivity contribution in [1.29, 1.82) is 0 Å². The molecule has 2 aliphatic rings. The Kier molecular flexibility index (Phi) is 7.97. The zero-order chi connectivity index (χ0) is 24.9. The van der Waals surface area contributed by atoms with Gasteiger partial charge in [-0.25, -0.2) is 0 Å². The SMILES string of the molecule is C\C=C/C(=C\C(=C\CC)C(F)(F)F)C1=CNN2CCC(NC(c3ccccc3)C(F)(F)F)C2=C1. The van der Waals surface area contributed by atoms with Crippen LogP contribution in [-0.4, -0.2) is 29.9 Å². The second-order valence-electron chi connectivity index (χ2n) is 8.01. The van der Waals surface area contributed by atoms with Gasteiger partial charge in [-0.2, -0.15) is 26.3 Å². The van der Waals surface area contributed by atoms with E-state index in [1.54, 1.807) is 61.5 Å². The molecule has 1 aromatic rings. The van der Waals surface area contributed by atoms with E-state index in [4.69, 9.17) is 0 Å². The summed E-state index contributed by atoms with van der Waals surface area (Å²) in [6.07, 6.45) is 0.137. The maximum Gasteiger partial charge on any atom is 0.416 e. The molecule has 3 nitrogen and oxygen atoms in total. The lowest BCUT2D eigenvalue weighted by atomic mass is 9.98. The molecule has 1 aromatic carbocycles. The fourth-order valence-electron chi connectivity index (χ4n) is 4.00. The summed E-state index contributed by atoms with van der Waals surface area (Å²) >= 11 is 0. The Balaban J connectivity index is 1.93. The molecule has 2 unspecified atom stereocenters. The molecule has 1 fully saturated rings. The average molecular weight is 484 g/mol. The molecular formula is C25H27F6N3. The zero-order valence-corrected chi connectivity index (χ0v) is 18.8. The summed E-state index contributed by atoms with van der Waals surface area (Å²) in [4.78, 5) is 0. The summed E-state index contributed by atoms with van der Waals surface area (Å²) in [6, 6.07) is 5.08. The molecule has 3 rings (SSSR count). The largest absolute Gasteiger partial charge is 0.416 e. The smallest absolute Gasteiger partial charge is 0.305 e. The summed E-state index contributed by atoms with van der Waals surface area (Å²) < 4.78 is 82.0. The molecule has 0 aromatic heterocycles. The van der Waals surface area contributed by atoms with Gasteiger partial charge in [0.05, 0.1) is 17.3 Å². The monoisotopic (exact) mass is 483 g/mol. The zero-order valence-electron chi connectivity index (χ0n) is 18.8. The van der Waals surface area contributed by atoms with Gasteiger partial charge in [-0.3, -0.25) is 10.3 Å². The van der Waals surface area contributed by atoms with Crippen LogP contribution in [0.2, 0.25) is 0 Å². The van der Waals surface area contributed by atoms with Crippen LogP contribution < -0.4 is 10.7 Å². The molecule has 0 bridgehead atoms. The van der Waals surface area contributed by atoms with Crippen molar-refractivity contribution in [2.24, 2.45) is 0 Å². The van der Waals surface area contributed by atoms with Gasteiger partial charge in [0.1, 0.15) is 6.04 Å². The molecule has 0 saturated carbocycles. The van der Waals surface area contributed by atoms with Crippen molar-refractivity contribution in [2.45, 2.75) is 51.1 Å². The van der Waals surface area contributed by atoms with Crippen LogP contribution in [0.1, 0.15) is 38.3 Å². The number of hydrazine groups is 1. The Morgan fingerprint density at radius 3 is 2.47 bits per heavy atom. The maximum absolute atomic E-state index is 13.9. The minimum atomic E-state index is -4.52. The van der Waals surface area contributed by atoms with Crippen LogP contribution >= 0.6 is 0 Å². The van der Waals surface area contributed by atoms with Crippen molar-refractivity contribution in [3.8, 4) is 0 Å². The Labute approximate surface area is 195 Å². The number of alkyl halides is 6. The highest BCUT2D eigenvalue weighted by molar-refractivity contribution is 5.52. The third kappa shape index (κ3) is 6.14. The van der Waals surface area contributed by atoms with Gasteiger partial charge in [-0.15, -0.1) is 0 Å². The first kappa shape index (κ1) is 25.7. The molecule has 0 aliphatic carbocycles. The van der Waals surface area contributed by atoms with Gasteiger partial charge in [0.2, 0.25) is 0 Å². The number of hydrogen-bond donors (Lipinski definition) is 2. The van der Waals surface area contributed by atoms with Crippen LogP contribution in [-0.2, 0) is 0 Å². The molecule has 0 amide bonds. The fourth-order valence-corrected chi connectivity index (χ4v) is 4.00. The van der Waals surface area contributed by atoms with Gasteiger partial charge < -0.3 is 5.43 Å². The number of fused-ring (bicyclic) bond motifs is 1. The summed E-state index contributed by atoms with van der Waals surface area (Å²) in [6.45, 7) is 3.77. The van der Waals surface area contributed by atoms with Crippen molar-refractivity contribution in [1.82, 2.24) is 15.8 Å². The minimum Gasteiger partial charge on any atom is -0.305 e. The minimum absolute atomic E-state index is 0.0996. The number of nitrogens with one attached hydrogen (secondary N) is 2. The average Bonchev–Trinajstić information content (AvgIpc) is 3.18. The third-order valence-electron chi connectivity index (χ3n) is 5.56. The molecule has 184 valence electrons. The molecule has 0 spiro atoms. The lowest BCUT2D eigenvalue weighted by Gasteiger charge is -2.30. The molecule has 2 aliphatic heterocycles. The summed E-state index contributed by atoms with van der Waals surface area (Å²) in [7, 11) is 0. The number of halogens is 6. The highest BCUT2D eigenvalue weighted by atomic mass is 19.4. The number of benzene rings is 1. The van der Waals surface area contributed by atoms with E-state index in [0.717, 1.165) is 12.2 Å². The first-order valence-electron chi connectivity index (χ1n) is 11.0. The Morgan fingerprint density at radius 1 is 1.18 bits per heavy atom. The first-order valence-corrected chi connectivity index (χ1v) is 11.0. The van der Waals surface area contributed by atoms with E-state index >= 15 is 0 Å². The van der Waals surface area contributed by atoms with E-state index in [-0.39, 0.29) is 12.0 Å². The van der Waals surface area contributed by atoms with E-state index in [2.05, 4.69) is 10.7 Å². The topological polar surface area (TPSA) is 27.3 Å². The second-order valence-corrected chi connectivity index (χ2v) is 8.01.